The van der Waals surface area contributed by atoms with Crippen LogP contribution in [0.3, 0.4) is 0 Å². The summed E-state index contributed by atoms with van der Waals surface area (Å²) in [5.41, 5.74) is 0. The molecule has 0 bridgehead atoms. The van der Waals surface area contributed by atoms with Gasteiger partial charge >= 0.3 is 12.0 Å². The Morgan fingerprint density at radius 2 is 2.17 bits per heavy atom. The fourth-order valence-corrected chi connectivity index (χ4v) is 2.56. The Labute approximate surface area is 106 Å². The van der Waals surface area contributed by atoms with E-state index in [0.29, 0.717) is 19.1 Å². The number of hydrogen-bond donors (Lipinski definition) is 1. The second kappa shape index (κ2) is 5.56. The van der Waals surface area contributed by atoms with E-state index < -0.39 is 12.0 Å². The van der Waals surface area contributed by atoms with Gasteiger partial charge in [0.2, 0.25) is 0 Å². The topological polar surface area (TPSA) is 70.1 Å². The van der Waals surface area contributed by atoms with Crippen molar-refractivity contribution in [2.45, 2.75) is 25.8 Å². The molecule has 2 aliphatic heterocycles. The molecule has 2 aliphatic rings. The van der Waals surface area contributed by atoms with Crippen LogP contribution >= 0.6 is 0 Å². The lowest BCUT2D eigenvalue weighted by molar-refractivity contribution is -0.147. The normalized spacial score (nSPS) is 28.5. The van der Waals surface area contributed by atoms with Gasteiger partial charge in [-0.1, -0.05) is 13.3 Å². The average Bonchev–Trinajstić information content (AvgIpc) is 2.86. The van der Waals surface area contributed by atoms with E-state index in [1.54, 1.807) is 4.90 Å². The smallest absolute Gasteiger partial charge is 0.328 e. The van der Waals surface area contributed by atoms with Gasteiger partial charge in [0.15, 0.2) is 6.04 Å². The van der Waals surface area contributed by atoms with E-state index in [1.165, 1.54) is 4.90 Å². The van der Waals surface area contributed by atoms with Gasteiger partial charge in [0.05, 0.1) is 13.2 Å². The van der Waals surface area contributed by atoms with Crippen molar-refractivity contribution < 1.29 is 19.4 Å². The van der Waals surface area contributed by atoms with Gasteiger partial charge in [-0.15, -0.1) is 0 Å². The maximum atomic E-state index is 12.3. The van der Waals surface area contributed by atoms with E-state index in [4.69, 9.17) is 9.84 Å². The number of morpholine rings is 1. The molecule has 0 spiro atoms. The minimum atomic E-state index is -0.991. The third kappa shape index (κ3) is 2.58. The molecule has 102 valence electrons. The Balaban J connectivity index is 2.00. The summed E-state index contributed by atoms with van der Waals surface area (Å²) >= 11 is 0. The number of aliphatic carboxylic acids is 1. The molecular formula is C12H20N2O4. The number of rotatable bonds is 2. The number of carboxylic acid groups (broad SMARTS) is 1. The molecule has 0 radical (unpaired) electrons. The SMILES string of the molecule is CCC1CCN(C(=O)N2CCOCC2C(=O)O)C1. The molecule has 6 heteroatoms. The van der Waals surface area contributed by atoms with E-state index >= 15 is 0 Å². The van der Waals surface area contributed by atoms with Crippen LogP contribution in [0, 0.1) is 5.92 Å². The Kier molecular flexibility index (Phi) is 4.06. The highest BCUT2D eigenvalue weighted by Gasteiger charge is 2.37. The zero-order chi connectivity index (χ0) is 13.1. The molecular weight excluding hydrogens is 236 g/mol. The van der Waals surface area contributed by atoms with Crippen LogP contribution in [0.5, 0.6) is 0 Å². The van der Waals surface area contributed by atoms with Crippen molar-refractivity contribution in [1.82, 2.24) is 9.80 Å². The van der Waals surface area contributed by atoms with E-state index in [0.717, 1.165) is 25.9 Å². The summed E-state index contributed by atoms with van der Waals surface area (Å²) in [6, 6.07) is -0.992. The molecule has 1 N–H and O–H groups in total. The Hall–Kier alpha value is -1.30. The maximum absolute atomic E-state index is 12.3. The average molecular weight is 256 g/mol. The van der Waals surface area contributed by atoms with Crippen LogP contribution in [0.1, 0.15) is 19.8 Å². The van der Waals surface area contributed by atoms with Crippen LogP contribution in [-0.4, -0.2) is 65.8 Å². The van der Waals surface area contributed by atoms with Crippen molar-refractivity contribution in [3.63, 3.8) is 0 Å². The molecule has 0 aromatic heterocycles. The number of carbonyl (C=O) groups excluding carboxylic acids is 1. The summed E-state index contributed by atoms with van der Waals surface area (Å²) in [6.45, 7) is 4.48. The Morgan fingerprint density at radius 1 is 1.39 bits per heavy atom. The molecule has 6 nitrogen and oxygen atoms in total. The van der Waals surface area contributed by atoms with Crippen LogP contribution in [0.4, 0.5) is 4.79 Å². The third-order valence-corrected chi connectivity index (χ3v) is 3.79. The van der Waals surface area contributed by atoms with Crippen molar-refractivity contribution in [2.75, 3.05) is 32.8 Å². The quantitative estimate of drug-likeness (QED) is 0.786. The van der Waals surface area contributed by atoms with Crippen molar-refractivity contribution in [3.8, 4) is 0 Å². The summed E-state index contributed by atoms with van der Waals surface area (Å²) in [6.07, 6.45) is 2.08. The number of ether oxygens (including phenoxy) is 1. The lowest BCUT2D eigenvalue weighted by Crippen LogP contribution is -2.56. The number of carbonyl (C=O) groups is 2. The number of carboxylic acids is 1. The number of amides is 2. The molecule has 2 unspecified atom stereocenters. The van der Waals surface area contributed by atoms with Crippen molar-refractivity contribution >= 4 is 12.0 Å². The highest BCUT2D eigenvalue weighted by atomic mass is 16.5. The molecule has 2 fully saturated rings. The van der Waals surface area contributed by atoms with Gasteiger partial charge in [0.1, 0.15) is 0 Å². The number of hydrogen-bond acceptors (Lipinski definition) is 3. The standard InChI is InChI=1S/C12H20N2O4/c1-2-9-3-4-13(7-9)12(17)14-5-6-18-8-10(14)11(15)16/h9-10H,2-8H2,1H3,(H,15,16). The summed E-state index contributed by atoms with van der Waals surface area (Å²) in [5.74, 6) is -0.437. The Morgan fingerprint density at radius 3 is 2.78 bits per heavy atom. The van der Waals surface area contributed by atoms with Gasteiger partial charge in [-0.2, -0.15) is 0 Å². The third-order valence-electron chi connectivity index (χ3n) is 3.79. The fourth-order valence-electron chi connectivity index (χ4n) is 2.56. The second-order valence-corrected chi connectivity index (χ2v) is 4.91. The number of likely N-dealkylation sites (tertiary alicyclic amines) is 1. The molecule has 18 heavy (non-hydrogen) atoms. The summed E-state index contributed by atoms with van der Waals surface area (Å²) in [4.78, 5) is 26.6. The molecule has 2 atom stereocenters. The highest BCUT2D eigenvalue weighted by molar-refractivity contribution is 5.83. The predicted molar refractivity (Wildman–Crippen MR) is 64.3 cm³/mol. The van der Waals surface area contributed by atoms with Crippen LogP contribution in [0.2, 0.25) is 0 Å². The molecule has 2 rings (SSSR count). The molecule has 0 aromatic rings. The van der Waals surface area contributed by atoms with Crippen LogP contribution < -0.4 is 0 Å². The summed E-state index contributed by atoms with van der Waals surface area (Å²) < 4.78 is 5.14. The van der Waals surface area contributed by atoms with Gasteiger partial charge in [-0.3, -0.25) is 0 Å². The molecule has 2 saturated heterocycles. The lowest BCUT2D eigenvalue weighted by Gasteiger charge is -2.35. The first-order valence-electron chi connectivity index (χ1n) is 6.49. The fraction of sp³-hybridized carbons (Fsp3) is 0.833. The van der Waals surface area contributed by atoms with Crippen molar-refractivity contribution in [3.05, 3.63) is 0 Å². The minimum absolute atomic E-state index is 0.0894. The first-order valence-corrected chi connectivity index (χ1v) is 6.49. The first-order chi connectivity index (χ1) is 8.63. The first kappa shape index (κ1) is 13.1. The largest absolute Gasteiger partial charge is 0.480 e. The van der Waals surface area contributed by atoms with Gasteiger partial charge < -0.3 is 19.6 Å². The monoisotopic (exact) mass is 256 g/mol. The number of urea groups is 1. The van der Waals surface area contributed by atoms with E-state index in [1.807, 2.05) is 0 Å². The minimum Gasteiger partial charge on any atom is -0.480 e. The van der Waals surface area contributed by atoms with E-state index in [-0.39, 0.29) is 12.6 Å². The van der Waals surface area contributed by atoms with Crippen molar-refractivity contribution in [1.29, 1.82) is 0 Å². The van der Waals surface area contributed by atoms with Crippen molar-refractivity contribution in [2.24, 2.45) is 5.92 Å². The lowest BCUT2D eigenvalue weighted by atomic mass is 10.1. The van der Waals surface area contributed by atoms with E-state index in [2.05, 4.69) is 6.92 Å². The molecule has 0 saturated carbocycles. The second-order valence-electron chi connectivity index (χ2n) is 4.91. The van der Waals surface area contributed by atoms with Crippen LogP contribution in [0.15, 0.2) is 0 Å². The molecule has 2 amide bonds. The molecule has 2 heterocycles. The zero-order valence-electron chi connectivity index (χ0n) is 10.7. The summed E-state index contributed by atoms with van der Waals surface area (Å²) in [7, 11) is 0. The number of nitrogens with zero attached hydrogens (tertiary/aromatic N) is 2. The highest BCUT2D eigenvalue weighted by Crippen LogP contribution is 2.21. The van der Waals surface area contributed by atoms with Gasteiger partial charge in [-0.25, -0.2) is 9.59 Å². The maximum Gasteiger partial charge on any atom is 0.328 e. The van der Waals surface area contributed by atoms with Gasteiger partial charge in [0.25, 0.3) is 0 Å². The Bertz CT molecular complexity index is 334. The molecule has 0 aromatic carbocycles. The molecule has 0 aliphatic carbocycles. The van der Waals surface area contributed by atoms with Gasteiger partial charge in [-0.05, 0) is 12.3 Å². The van der Waals surface area contributed by atoms with Gasteiger partial charge in [0, 0.05) is 19.6 Å². The summed E-state index contributed by atoms with van der Waals surface area (Å²) in [5, 5.41) is 9.11. The van der Waals surface area contributed by atoms with E-state index in [9.17, 15) is 9.59 Å². The zero-order valence-corrected chi connectivity index (χ0v) is 10.7. The predicted octanol–water partition coefficient (Wildman–Crippen LogP) is 0.624. The van der Waals surface area contributed by atoms with Crippen LogP contribution in [-0.2, 0) is 9.53 Å². The van der Waals surface area contributed by atoms with Crippen LogP contribution in [0.25, 0.3) is 0 Å².